The predicted octanol–water partition coefficient (Wildman–Crippen LogP) is 4.44. The summed E-state index contributed by atoms with van der Waals surface area (Å²) in [5, 5.41) is 10.0. The number of hydrogen-bond acceptors (Lipinski definition) is 2. The zero-order chi connectivity index (χ0) is 16.4. The summed E-state index contributed by atoms with van der Waals surface area (Å²) < 4.78 is 0. The lowest BCUT2D eigenvalue weighted by molar-refractivity contribution is -0.116. The molecule has 0 aromatic carbocycles. The van der Waals surface area contributed by atoms with Crippen LogP contribution in [0, 0.1) is 28.6 Å². The van der Waals surface area contributed by atoms with Crippen molar-refractivity contribution in [3.05, 3.63) is 23.3 Å². The monoisotopic (exact) mass is 314 g/mol. The van der Waals surface area contributed by atoms with Crippen LogP contribution in [-0.2, 0) is 4.79 Å². The van der Waals surface area contributed by atoms with Crippen LogP contribution in [-0.4, -0.2) is 17.0 Å². The third kappa shape index (κ3) is 2.06. The SMILES string of the molecule is CC(=O)C1=CCC2C3CCC4=CC(O)CC[C@]4(C)C3CC[C@]12C. The molecule has 0 aromatic heterocycles. The maximum atomic E-state index is 12.1. The van der Waals surface area contributed by atoms with Gasteiger partial charge in [0.25, 0.3) is 0 Å². The molecule has 1 N–H and O–H groups in total. The molecule has 2 saturated carbocycles. The number of fused-ring (bicyclic) bond motifs is 5. The molecule has 6 atom stereocenters. The molecule has 0 radical (unpaired) electrons. The van der Waals surface area contributed by atoms with Crippen LogP contribution in [0.4, 0.5) is 0 Å². The van der Waals surface area contributed by atoms with Crippen molar-refractivity contribution >= 4 is 5.78 Å². The van der Waals surface area contributed by atoms with Gasteiger partial charge in [0.05, 0.1) is 6.10 Å². The van der Waals surface area contributed by atoms with Gasteiger partial charge in [0.15, 0.2) is 5.78 Å². The molecular weight excluding hydrogens is 284 g/mol. The molecule has 126 valence electrons. The summed E-state index contributed by atoms with van der Waals surface area (Å²) in [6.45, 7) is 6.56. The second-order valence-corrected chi connectivity index (χ2v) is 9.00. The van der Waals surface area contributed by atoms with Crippen LogP contribution in [0.15, 0.2) is 23.3 Å². The van der Waals surface area contributed by atoms with E-state index in [1.54, 1.807) is 6.92 Å². The highest BCUT2D eigenvalue weighted by atomic mass is 16.3. The maximum Gasteiger partial charge on any atom is 0.156 e. The number of rotatable bonds is 1. The van der Waals surface area contributed by atoms with Gasteiger partial charge in [0, 0.05) is 0 Å². The second kappa shape index (κ2) is 5.05. The quantitative estimate of drug-likeness (QED) is 0.727. The highest BCUT2D eigenvalue weighted by molar-refractivity contribution is 5.95. The van der Waals surface area contributed by atoms with E-state index in [2.05, 4.69) is 26.0 Å². The number of ketones is 1. The van der Waals surface area contributed by atoms with Crippen molar-refractivity contribution in [3.8, 4) is 0 Å². The zero-order valence-corrected chi connectivity index (χ0v) is 14.8. The predicted molar refractivity (Wildman–Crippen MR) is 91.9 cm³/mol. The summed E-state index contributed by atoms with van der Waals surface area (Å²) in [6.07, 6.45) is 12.2. The highest BCUT2D eigenvalue weighted by Gasteiger charge is 2.57. The maximum absolute atomic E-state index is 12.1. The van der Waals surface area contributed by atoms with Gasteiger partial charge in [0.2, 0.25) is 0 Å². The molecular formula is C21H30O2. The summed E-state index contributed by atoms with van der Waals surface area (Å²) in [4.78, 5) is 12.1. The minimum absolute atomic E-state index is 0.124. The number of allylic oxidation sites excluding steroid dienone is 3. The smallest absolute Gasteiger partial charge is 0.156 e. The Labute approximate surface area is 140 Å². The molecule has 2 nitrogen and oxygen atoms in total. The molecule has 4 rings (SSSR count). The first-order chi connectivity index (χ1) is 10.9. The number of aliphatic hydroxyl groups excluding tert-OH is 1. The second-order valence-electron chi connectivity index (χ2n) is 9.00. The fourth-order valence-corrected chi connectivity index (χ4v) is 6.82. The number of hydrogen-bond donors (Lipinski definition) is 1. The molecule has 0 spiro atoms. The van der Waals surface area contributed by atoms with E-state index in [1.807, 2.05) is 0 Å². The molecule has 0 saturated heterocycles. The van der Waals surface area contributed by atoms with Crippen molar-refractivity contribution in [1.29, 1.82) is 0 Å². The average Bonchev–Trinajstić information content (AvgIpc) is 2.85. The molecule has 0 heterocycles. The van der Waals surface area contributed by atoms with Crippen LogP contribution in [0.25, 0.3) is 0 Å². The molecule has 2 heteroatoms. The lowest BCUT2D eigenvalue weighted by atomic mass is 9.46. The van der Waals surface area contributed by atoms with Crippen LogP contribution in [0.5, 0.6) is 0 Å². The molecule has 0 aromatic rings. The molecule has 4 unspecified atom stereocenters. The molecule has 23 heavy (non-hydrogen) atoms. The normalized spacial score (nSPS) is 48.7. The Hall–Kier alpha value is -0.890. The first-order valence-electron chi connectivity index (χ1n) is 9.47. The number of carbonyl (C=O) groups is 1. The van der Waals surface area contributed by atoms with Crippen LogP contribution in [0.1, 0.15) is 65.7 Å². The first-order valence-corrected chi connectivity index (χ1v) is 9.47. The van der Waals surface area contributed by atoms with Gasteiger partial charge in [-0.05, 0) is 86.0 Å². The Morgan fingerprint density at radius 1 is 1.13 bits per heavy atom. The van der Waals surface area contributed by atoms with Crippen molar-refractivity contribution in [3.63, 3.8) is 0 Å². The molecule has 4 aliphatic carbocycles. The summed E-state index contributed by atoms with van der Waals surface area (Å²) in [5.74, 6) is 2.44. The standard InChI is InChI=1S/C21H30O2/c1-13(22)17-6-7-18-16-5-4-14-12-15(23)8-10-20(14,2)19(16)9-11-21(17,18)3/h6,12,15-16,18-19,23H,4-5,7-11H2,1-3H3/t15?,16?,18?,19?,20-,21+/m0/s1. The van der Waals surface area contributed by atoms with Crippen LogP contribution in [0.2, 0.25) is 0 Å². The van der Waals surface area contributed by atoms with Gasteiger partial charge in [-0.2, -0.15) is 0 Å². The van der Waals surface area contributed by atoms with Crippen LogP contribution >= 0.6 is 0 Å². The van der Waals surface area contributed by atoms with Gasteiger partial charge in [-0.3, -0.25) is 4.79 Å². The Morgan fingerprint density at radius 3 is 2.61 bits per heavy atom. The van der Waals surface area contributed by atoms with Gasteiger partial charge >= 0.3 is 0 Å². The number of Topliss-reactive ketones (excluding diaryl/α,β-unsaturated/α-hetero) is 1. The average molecular weight is 314 g/mol. The van der Waals surface area contributed by atoms with Gasteiger partial charge < -0.3 is 5.11 Å². The summed E-state index contributed by atoms with van der Waals surface area (Å²) >= 11 is 0. The number of carbonyl (C=O) groups excluding carboxylic acids is 1. The molecule has 2 fully saturated rings. The lowest BCUT2D eigenvalue weighted by Crippen LogP contribution is -2.50. The largest absolute Gasteiger partial charge is 0.389 e. The minimum atomic E-state index is -0.221. The van der Waals surface area contributed by atoms with Crippen molar-refractivity contribution in [1.82, 2.24) is 0 Å². The van der Waals surface area contributed by atoms with E-state index in [-0.39, 0.29) is 17.3 Å². The third-order valence-corrected chi connectivity index (χ3v) is 8.05. The minimum Gasteiger partial charge on any atom is -0.389 e. The summed E-state index contributed by atoms with van der Waals surface area (Å²) in [5.41, 5.74) is 3.06. The van der Waals surface area contributed by atoms with Crippen LogP contribution < -0.4 is 0 Å². The van der Waals surface area contributed by atoms with E-state index in [1.165, 1.54) is 18.4 Å². The molecule has 4 aliphatic rings. The van der Waals surface area contributed by atoms with Gasteiger partial charge in [-0.1, -0.05) is 31.6 Å². The summed E-state index contributed by atoms with van der Waals surface area (Å²) in [6, 6.07) is 0. The van der Waals surface area contributed by atoms with E-state index in [4.69, 9.17) is 0 Å². The van der Waals surface area contributed by atoms with Gasteiger partial charge in [0.1, 0.15) is 0 Å². The van der Waals surface area contributed by atoms with Gasteiger partial charge in [-0.25, -0.2) is 0 Å². The molecule has 0 aliphatic heterocycles. The zero-order valence-electron chi connectivity index (χ0n) is 14.8. The van der Waals surface area contributed by atoms with Crippen molar-refractivity contribution in [2.75, 3.05) is 0 Å². The van der Waals surface area contributed by atoms with Crippen LogP contribution in [0.3, 0.4) is 0 Å². The lowest BCUT2D eigenvalue weighted by Gasteiger charge is -2.58. The van der Waals surface area contributed by atoms with Crippen molar-refractivity contribution < 1.29 is 9.90 Å². The molecule has 0 amide bonds. The summed E-state index contributed by atoms with van der Waals surface area (Å²) in [7, 11) is 0. The first kappa shape index (κ1) is 15.6. The highest BCUT2D eigenvalue weighted by Crippen LogP contribution is 2.65. The van der Waals surface area contributed by atoms with Crippen molar-refractivity contribution in [2.45, 2.75) is 71.8 Å². The molecule has 0 bridgehead atoms. The third-order valence-electron chi connectivity index (χ3n) is 8.05. The van der Waals surface area contributed by atoms with Crippen molar-refractivity contribution in [2.24, 2.45) is 28.6 Å². The van der Waals surface area contributed by atoms with E-state index in [9.17, 15) is 9.90 Å². The van der Waals surface area contributed by atoms with E-state index >= 15 is 0 Å². The van der Waals surface area contributed by atoms with E-state index in [0.29, 0.717) is 11.3 Å². The fraction of sp³-hybridized carbons (Fsp3) is 0.762. The Morgan fingerprint density at radius 2 is 1.87 bits per heavy atom. The Balaban J connectivity index is 1.67. The fourth-order valence-electron chi connectivity index (χ4n) is 6.82. The van der Waals surface area contributed by atoms with E-state index in [0.717, 1.165) is 49.5 Å². The Bertz CT molecular complexity index is 601. The number of aliphatic hydroxyl groups is 1. The van der Waals surface area contributed by atoms with E-state index < -0.39 is 0 Å². The van der Waals surface area contributed by atoms with Gasteiger partial charge in [-0.15, -0.1) is 0 Å². The Kier molecular flexibility index (Phi) is 3.43. The topological polar surface area (TPSA) is 37.3 Å².